The lowest BCUT2D eigenvalue weighted by Gasteiger charge is -2.65. The third kappa shape index (κ3) is 5.74. The summed E-state index contributed by atoms with van der Waals surface area (Å²) in [5.41, 5.74) is 29.2. The van der Waals surface area contributed by atoms with Crippen molar-refractivity contribution < 1.29 is 9.47 Å². The molecule has 8 heteroatoms. The fourth-order valence-corrected chi connectivity index (χ4v) is 22.4. The van der Waals surface area contributed by atoms with E-state index in [-0.39, 0.29) is 23.6 Å². The maximum Gasteiger partial charge on any atom is 0.249 e. The van der Waals surface area contributed by atoms with Gasteiger partial charge in [-0.15, -0.1) is 0 Å². The normalized spacial score (nSPS) is 19.2. The first-order valence-corrected chi connectivity index (χ1v) is 31.6. The van der Waals surface area contributed by atoms with E-state index in [1.807, 2.05) is 72.4 Å². The smallest absolute Gasteiger partial charge is 0.249 e. The van der Waals surface area contributed by atoms with Gasteiger partial charge in [-0.3, -0.25) is 0 Å². The second-order valence-corrected chi connectivity index (χ2v) is 28.7. The molecule has 5 aliphatic heterocycles. The Labute approximate surface area is 485 Å². The molecule has 0 N–H and O–H groups in total. The summed E-state index contributed by atoms with van der Waals surface area (Å²) in [4.78, 5) is 11.2. The summed E-state index contributed by atoms with van der Waals surface area (Å²) >= 11 is 1.98. The van der Waals surface area contributed by atoms with Crippen LogP contribution in [0.15, 0.2) is 238 Å². The Kier molecular flexibility index (Phi) is 9.39. The van der Waals surface area contributed by atoms with Crippen molar-refractivity contribution in [2.75, 3.05) is 16.1 Å². The Hall–Kier alpha value is -8.55. The van der Waals surface area contributed by atoms with Gasteiger partial charge in [0.05, 0.1) is 4.75 Å². The second-order valence-electron chi connectivity index (χ2n) is 24.1. The first-order valence-electron chi connectivity index (χ1n) is 28.7. The van der Waals surface area contributed by atoms with E-state index in [1.165, 1.54) is 132 Å². The van der Waals surface area contributed by atoms with Crippen molar-refractivity contribution in [2.24, 2.45) is 0 Å². The molecule has 0 saturated carbocycles. The van der Waals surface area contributed by atoms with Crippen molar-refractivity contribution in [1.82, 2.24) is 0 Å². The first-order chi connectivity index (χ1) is 40.1. The van der Waals surface area contributed by atoms with Crippen molar-refractivity contribution >= 4 is 102 Å². The molecule has 5 heterocycles. The lowest BCUT2D eigenvalue weighted by Crippen LogP contribution is -2.68. The highest BCUT2D eigenvalue weighted by Crippen LogP contribution is 2.87. The summed E-state index contributed by atoms with van der Waals surface area (Å²) in [7, 11) is -1.66. The zero-order valence-electron chi connectivity index (χ0n) is 46.5. The maximum absolute atomic E-state index is 6.67. The van der Waals surface area contributed by atoms with Crippen LogP contribution in [0, 0.1) is 13.8 Å². The van der Waals surface area contributed by atoms with Gasteiger partial charge in [0.25, 0.3) is 0 Å². The highest BCUT2D eigenvalue weighted by atomic mass is 32.3. The molecule has 0 fully saturated rings. The minimum atomic E-state index is -1.66. The third-order valence-electron chi connectivity index (χ3n) is 19.9. The molecule has 7 aliphatic rings. The molecule has 2 aliphatic carbocycles. The molecule has 0 amide bonds. The molecule has 18 rings (SSSR count). The van der Waals surface area contributed by atoms with E-state index in [4.69, 9.17) is 9.47 Å². The number of hydrogen-bond donors (Lipinski definition) is 0. The summed E-state index contributed by atoms with van der Waals surface area (Å²) in [5.74, 6) is 3.43. The highest BCUT2D eigenvalue weighted by Gasteiger charge is 2.66. The number of nitrogens with zero attached hydrogens (tertiary/aromatic N) is 2. The molecule has 0 radical (unpaired) electrons. The van der Waals surface area contributed by atoms with Crippen LogP contribution in [0.25, 0.3) is 22.3 Å². The molecule has 82 heavy (non-hydrogen) atoms. The Morgan fingerprint density at radius 1 is 0.439 bits per heavy atom. The average Bonchev–Trinajstić information content (AvgIpc) is 1.31. The summed E-state index contributed by atoms with van der Waals surface area (Å²) in [5, 5.41) is 0. The van der Waals surface area contributed by atoms with Gasteiger partial charge >= 0.3 is 0 Å². The van der Waals surface area contributed by atoms with E-state index >= 15 is 0 Å². The molecule has 11 aromatic carbocycles. The molecular weight excluding hydrogens is 1030 g/mol. The van der Waals surface area contributed by atoms with Crippen molar-refractivity contribution in [3.8, 4) is 45.3 Å². The quantitative estimate of drug-likeness (QED) is 0.155. The third-order valence-corrected chi connectivity index (χ3v) is 25.7. The van der Waals surface area contributed by atoms with E-state index in [9.17, 15) is 0 Å². The van der Waals surface area contributed by atoms with Gasteiger partial charge in [-0.25, -0.2) is 0 Å². The van der Waals surface area contributed by atoms with Gasteiger partial charge < -0.3 is 19.3 Å². The SMILES string of the molecule is Cc1c2c(c(C)c3c1B1c4ccccc4S4(C)c5c1c(cc1c5C4(C)c4cc(Oc5ccccc5)ccc4-1)N3c1ccccc1)N(c1ccccc1)c1cc3c(c4c1B2c1ccccc1S4)C(C)(C)c1cc(Oc2ccccc2)ccc1-3. The molecule has 2 atom stereocenters. The van der Waals surface area contributed by atoms with Crippen LogP contribution in [0.3, 0.4) is 0 Å². The van der Waals surface area contributed by atoms with E-state index in [2.05, 4.69) is 208 Å². The standard InChI is InChI=1S/C74H54B2N2O2S2/c1-43-65-69(77(45-23-11-7-12-24-45)59-41-53-51-37-35-49(79-47-27-15-9-16-28-47)39-55(51)73(3,4)63(53)71-67(59)75(65)57-31-19-21-33-61(57)81-71)44(2)70-66(43)76-58-32-20-22-34-62(58)82(6)72-64-54(42-60(68(72)76)78(70)46-25-13-8-14-26-46)52-38-36-50(40-56(52)74(64,82)5)80-48-29-17-10-18-30-48/h7-42H,1-6H3. The second kappa shape index (κ2) is 16.3. The van der Waals surface area contributed by atoms with Gasteiger partial charge in [0.15, 0.2) is 0 Å². The number of fused-ring (bicyclic) bond motifs is 17. The molecule has 0 bridgehead atoms. The Morgan fingerprint density at radius 2 is 0.927 bits per heavy atom. The van der Waals surface area contributed by atoms with Gasteiger partial charge in [-0.05, 0) is 200 Å². The molecule has 0 aromatic heterocycles. The summed E-state index contributed by atoms with van der Waals surface area (Å²) < 4.78 is 13.0. The van der Waals surface area contributed by atoms with Crippen LogP contribution in [0.1, 0.15) is 54.2 Å². The minimum absolute atomic E-state index is 0.0104. The van der Waals surface area contributed by atoms with E-state index < -0.39 is 10.0 Å². The van der Waals surface area contributed by atoms with Gasteiger partial charge in [-0.2, -0.15) is 10.0 Å². The fourth-order valence-electron chi connectivity index (χ4n) is 16.4. The molecule has 11 aromatic rings. The summed E-state index contributed by atoms with van der Waals surface area (Å²) in [6, 6.07) is 80.8. The molecule has 2 unspecified atom stereocenters. The molecule has 4 nitrogen and oxygen atoms in total. The van der Waals surface area contributed by atoms with E-state index in [0.717, 1.165) is 28.7 Å². The number of para-hydroxylation sites is 4. The van der Waals surface area contributed by atoms with Crippen LogP contribution in [0.2, 0.25) is 0 Å². The Balaban J connectivity index is 0.930. The molecule has 0 saturated heterocycles. The zero-order chi connectivity index (χ0) is 54.7. The Bertz CT molecular complexity index is 4670. The lowest BCUT2D eigenvalue weighted by molar-refractivity contribution is 0.480. The van der Waals surface area contributed by atoms with Gasteiger partial charge in [0, 0.05) is 49.3 Å². The predicted octanol–water partition coefficient (Wildman–Crippen LogP) is 15.7. The number of benzene rings is 11. The van der Waals surface area contributed by atoms with Crippen molar-refractivity contribution in [3.05, 3.63) is 252 Å². The number of rotatable bonds is 6. The molecular formula is C74H54B2N2O2S2. The number of ether oxygens (including phenoxy) is 2. The van der Waals surface area contributed by atoms with Crippen LogP contribution in [-0.4, -0.2) is 19.7 Å². The summed E-state index contributed by atoms with van der Waals surface area (Å²) in [6.07, 6.45) is 2.64. The topological polar surface area (TPSA) is 24.9 Å². The van der Waals surface area contributed by atoms with Crippen LogP contribution in [0.4, 0.5) is 34.1 Å². The average molecular weight is 1090 g/mol. The number of anilines is 6. The van der Waals surface area contributed by atoms with Gasteiger partial charge in [0.1, 0.15) is 23.0 Å². The predicted molar refractivity (Wildman–Crippen MR) is 344 cm³/mol. The highest BCUT2D eigenvalue weighted by molar-refractivity contribution is 8.35. The summed E-state index contributed by atoms with van der Waals surface area (Å²) in [6.45, 7) is 12.4. The van der Waals surface area contributed by atoms with Crippen LogP contribution < -0.4 is 52.1 Å². The monoisotopic (exact) mass is 1090 g/mol. The van der Waals surface area contributed by atoms with Gasteiger partial charge in [0.2, 0.25) is 13.4 Å². The Morgan fingerprint density at radius 3 is 1.54 bits per heavy atom. The lowest BCUT2D eigenvalue weighted by atomic mass is 9.30. The van der Waals surface area contributed by atoms with Crippen molar-refractivity contribution in [2.45, 2.75) is 64.4 Å². The number of hydrogen-bond acceptors (Lipinski definition) is 5. The van der Waals surface area contributed by atoms with Crippen LogP contribution in [0.5, 0.6) is 23.0 Å². The van der Waals surface area contributed by atoms with Gasteiger partial charge in [-0.1, -0.05) is 169 Å². The molecule has 0 spiro atoms. The maximum atomic E-state index is 6.67. The molecule has 390 valence electrons. The van der Waals surface area contributed by atoms with E-state index in [0.29, 0.717) is 0 Å². The van der Waals surface area contributed by atoms with E-state index in [1.54, 1.807) is 4.90 Å². The van der Waals surface area contributed by atoms with Crippen LogP contribution >= 0.6 is 21.8 Å². The minimum Gasteiger partial charge on any atom is -0.457 e. The fraction of sp³-hybridized carbons (Fsp3) is 0.108. The largest absolute Gasteiger partial charge is 0.457 e. The van der Waals surface area contributed by atoms with Crippen LogP contribution in [-0.2, 0) is 10.2 Å². The first kappa shape index (κ1) is 47.1. The van der Waals surface area contributed by atoms with Crippen molar-refractivity contribution in [3.63, 3.8) is 0 Å². The zero-order valence-corrected chi connectivity index (χ0v) is 48.1. The van der Waals surface area contributed by atoms with Crippen molar-refractivity contribution in [1.29, 1.82) is 0 Å².